The molecule has 1 saturated heterocycles. The number of likely N-dealkylation sites (N-methyl/N-ethyl adjacent to an activating group) is 1. The summed E-state index contributed by atoms with van der Waals surface area (Å²) in [6.45, 7) is 11.9. The number of pyridine rings is 1. The van der Waals surface area contributed by atoms with E-state index >= 15 is 0 Å². The highest BCUT2D eigenvalue weighted by atomic mass is 16.6. The number of anilines is 1. The summed E-state index contributed by atoms with van der Waals surface area (Å²) in [7, 11) is 0. The molecule has 0 spiro atoms. The largest absolute Gasteiger partial charge is 0.442 e. The maximum Gasteiger partial charge on any atom is 0.437 e. The Kier molecular flexibility index (Phi) is 5.87. The summed E-state index contributed by atoms with van der Waals surface area (Å²) in [6, 6.07) is 4.26. The summed E-state index contributed by atoms with van der Waals surface area (Å²) in [5.41, 5.74) is 6.68. The molecule has 2 heterocycles. The molecule has 0 aliphatic carbocycles. The first-order chi connectivity index (χ1) is 11.7. The van der Waals surface area contributed by atoms with Gasteiger partial charge in [0.05, 0.1) is 6.04 Å². The van der Waals surface area contributed by atoms with Crippen LogP contribution in [0.2, 0.25) is 0 Å². The van der Waals surface area contributed by atoms with E-state index in [0.717, 1.165) is 25.3 Å². The van der Waals surface area contributed by atoms with Gasteiger partial charge in [-0.25, -0.2) is 9.78 Å². The number of aromatic nitrogens is 1. The van der Waals surface area contributed by atoms with Gasteiger partial charge in [-0.2, -0.15) is 0 Å². The number of carbonyl (C=O) groups excluding carboxylic acids is 1. The fourth-order valence-electron chi connectivity index (χ4n) is 2.95. The van der Waals surface area contributed by atoms with Crippen molar-refractivity contribution in [2.75, 3.05) is 24.5 Å². The molecule has 1 aliphatic heterocycles. The van der Waals surface area contributed by atoms with Gasteiger partial charge in [-0.1, -0.05) is 0 Å². The maximum atomic E-state index is 11.9. The normalized spacial score (nSPS) is 18.4. The van der Waals surface area contributed by atoms with E-state index in [9.17, 15) is 4.79 Å². The Morgan fingerprint density at radius 1 is 1.52 bits per heavy atom. The molecule has 0 saturated carbocycles. The van der Waals surface area contributed by atoms with Gasteiger partial charge >= 0.3 is 6.09 Å². The van der Waals surface area contributed by atoms with Crippen molar-refractivity contribution in [1.29, 1.82) is 0 Å². The van der Waals surface area contributed by atoms with E-state index in [1.165, 1.54) is 5.56 Å². The fourth-order valence-corrected chi connectivity index (χ4v) is 2.95. The third kappa shape index (κ3) is 5.34. The summed E-state index contributed by atoms with van der Waals surface area (Å²) in [5, 5.41) is 0. The fraction of sp³-hybridized carbons (Fsp3) is 0.611. The van der Waals surface area contributed by atoms with Crippen molar-refractivity contribution < 1.29 is 9.53 Å². The van der Waals surface area contributed by atoms with Crippen molar-refractivity contribution in [2.24, 2.45) is 10.7 Å². The van der Waals surface area contributed by atoms with E-state index in [1.807, 2.05) is 24.1 Å². The number of carbonyl (C=O) groups is 1. The van der Waals surface area contributed by atoms with Gasteiger partial charge in [0.25, 0.3) is 0 Å². The molecule has 25 heavy (non-hydrogen) atoms. The van der Waals surface area contributed by atoms with Crippen LogP contribution in [0.1, 0.15) is 39.7 Å². The molecule has 1 amide bonds. The lowest BCUT2D eigenvalue weighted by molar-refractivity contribution is 0.0601. The monoisotopic (exact) mass is 347 g/mol. The van der Waals surface area contributed by atoms with Crippen molar-refractivity contribution in [3.8, 4) is 0 Å². The third-order valence-electron chi connectivity index (χ3n) is 4.06. The number of ether oxygens (including phenoxy) is 1. The minimum absolute atomic E-state index is 0.193. The lowest BCUT2D eigenvalue weighted by Gasteiger charge is -2.29. The Bertz CT molecular complexity index is 639. The van der Waals surface area contributed by atoms with Crippen LogP contribution in [0.25, 0.3) is 0 Å². The molecule has 138 valence electrons. The Labute approximate surface area is 149 Å². The standard InChI is InChI=1S/C18H29N5O2/c1-6-23(16(19)21-17(24)25-18(3,4)5)14-8-10-22(12-14)15-11-13(2)7-9-20-15/h7,9,11,14H,6,8,10,12H2,1-5H3,(H2,19,21,24). The van der Waals surface area contributed by atoms with E-state index in [-0.39, 0.29) is 12.0 Å². The van der Waals surface area contributed by atoms with Crippen molar-refractivity contribution in [1.82, 2.24) is 9.88 Å². The number of rotatable bonds is 3. The van der Waals surface area contributed by atoms with Crippen molar-refractivity contribution in [3.05, 3.63) is 23.9 Å². The smallest absolute Gasteiger partial charge is 0.437 e. The summed E-state index contributed by atoms with van der Waals surface area (Å²) < 4.78 is 5.22. The van der Waals surface area contributed by atoms with Crippen LogP contribution in [0.4, 0.5) is 10.6 Å². The predicted molar refractivity (Wildman–Crippen MR) is 99.8 cm³/mol. The molecule has 7 nitrogen and oxygen atoms in total. The molecule has 7 heteroatoms. The minimum atomic E-state index is -0.654. The first kappa shape index (κ1) is 19.0. The molecule has 1 unspecified atom stereocenters. The van der Waals surface area contributed by atoms with Gasteiger partial charge < -0.3 is 20.3 Å². The molecular weight excluding hydrogens is 318 g/mol. The Hall–Kier alpha value is -2.31. The van der Waals surface area contributed by atoms with Gasteiger partial charge in [-0.15, -0.1) is 4.99 Å². The molecule has 0 radical (unpaired) electrons. The molecule has 1 aliphatic rings. The zero-order valence-corrected chi connectivity index (χ0v) is 15.8. The number of amides is 1. The summed E-state index contributed by atoms with van der Waals surface area (Å²) in [6.07, 6.45) is 2.11. The van der Waals surface area contributed by atoms with Crippen molar-refractivity contribution in [2.45, 2.75) is 52.7 Å². The van der Waals surface area contributed by atoms with Crippen molar-refractivity contribution in [3.63, 3.8) is 0 Å². The zero-order valence-electron chi connectivity index (χ0n) is 15.8. The Morgan fingerprint density at radius 3 is 2.84 bits per heavy atom. The predicted octanol–water partition coefficient (Wildman–Crippen LogP) is 2.54. The average Bonchev–Trinajstić information content (AvgIpc) is 2.95. The quantitative estimate of drug-likeness (QED) is 0.668. The Morgan fingerprint density at radius 2 is 2.24 bits per heavy atom. The third-order valence-corrected chi connectivity index (χ3v) is 4.06. The van der Waals surface area contributed by atoms with E-state index < -0.39 is 11.7 Å². The number of hydrogen-bond acceptors (Lipinski definition) is 4. The number of aryl methyl sites for hydroxylation is 1. The molecule has 2 rings (SSSR count). The van der Waals surface area contributed by atoms with Crippen LogP contribution in [0, 0.1) is 6.92 Å². The molecule has 0 bridgehead atoms. The second-order valence-electron chi connectivity index (χ2n) is 7.32. The first-order valence-electron chi connectivity index (χ1n) is 8.71. The molecule has 1 fully saturated rings. The van der Waals surface area contributed by atoms with E-state index in [4.69, 9.17) is 10.5 Å². The van der Waals surface area contributed by atoms with Gasteiger partial charge in [-0.05, 0) is 58.7 Å². The maximum absolute atomic E-state index is 11.9. The minimum Gasteiger partial charge on any atom is -0.442 e. The van der Waals surface area contributed by atoms with Crippen LogP contribution in [-0.2, 0) is 4.74 Å². The second kappa shape index (κ2) is 7.72. The molecule has 1 atom stereocenters. The van der Waals surface area contributed by atoms with Crippen LogP contribution in [0.5, 0.6) is 0 Å². The summed E-state index contributed by atoms with van der Waals surface area (Å²) >= 11 is 0. The molecule has 0 aromatic carbocycles. The van der Waals surface area contributed by atoms with Gasteiger partial charge in [0.1, 0.15) is 11.4 Å². The van der Waals surface area contributed by atoms with Crippen LogP contribution < -0.4 is 10.6 Å². The number of nitrogens with zero attached hydrogens (tertiary/aromatic N) is 4. The Balaban J connectivity index is 2.04. The molecule has 1 aromatic rings. The zero-order chi connectivity index (χ0) is 18.6. The van der Waals surface area contributed by atoms with Gasteiger partial charge in [0.15, 0.2) is 0 Å². The van der Waals surface area contributed by atoms with Gasteiger partial charge in [0, 0.05) is 25.8 Å². The van der Waals surface area contributed by atoms with Crippen molar-refractivity contribution >= 4 is 17.9 Å². The summed E-state index contributed by atoms with van der Waals surface area (Å²) in [5.74, 6) is 1.18. The average molecular weight is 347 g/mol. The SMILES string of the molecule is CCN(C(N)=NC(=O)OC(C)(C)C)C1CCN(c2cc(C)ccn2)C1. The molecular formula is C18H29N5O2. The highest BCUT2D eigenvalue weighted by molar-refractivity contribution is 5.89. The van der Waals surface area contributed by atoms with Crippen LogP contribution in [0.15, 0.2) is 23.3 Å². The van der Waals surface area contributed by atoms with Crippen LogP contribution in [-0.4, -0.2) is 53.2 Å². The lowest BCUT2D eigenvalue weighted by atomic mass is 10.2. The highest BCUT2D eigenvalue weighted by Crippen LogP contribution is 2.22. The van der Waals surface area contributed by atoms with E-state index in [2.05, 4.69) is 27.9 Å². The number of aliphatic imine (C=N–C) groups is 1. The lowest BCUT2D eigenvalue weighted by Crippen LogP contribution is -2.46. The number of guanidine groups is 1. The van der Waals surface area contributed by atoms with Gasteiger partial charge in [-0.3, -0.25) is 0 Å². The van der Waals surface area contributed by atoms with Crippen LogP contribution in [0.3, 0.4) is 0 Å². The first-order valence-corrected chi connectivity index (χ1v) is 8.71. The number of hydrogen-bond donors (Lipinski definition) is 1. The van der Waals surface area contributed by atoms with E-state index in [0.29, 0.717) is 6.54 Å². The van der Waals surface area contributed by atoms with Crippen LogP contribution >= 0.6 is 0 Å². The van der Waals surface area contributed by atoms with Gasteiger partial charge in [0.2, 0.25) is 5.96 Å². The number of nitrogens with two attached hydrogens (primary N) is 1. The molecule has 2 N–H and O–H groups in total. The highest BCUT2D eigenvalue weighted by Gasteiger charge is 2.29. The van der Waals surface area contributed by atoms with E-state index in [1.54, 1.807) is 20.8 Å². The topological polar surface area (TPSA) is 84.0 Å². The molecule has 1 aromatic heterocycles. The summed E-state index contributed by atoms with van der Waals surface area (Å²) in [4.78, 5) is 24.4. The second-order valence-corrected chi connectivity index (χ2v) is 7.32.